The van der Waals surface area contributed by atoms with Gasteiger partial charge in [-0.2, -0.15) is 11.8 Å². The number of primary amides is 1. The highest BCUT2D eigenvalue weighted by molar-refractivity contribution is 7.98. The molecule has 28 heavy (non-hydrogen) atoms. The van der Waals surface area contributed by atoms with Crippen molar-refractivity contribution in [1.82, 2.24) is 20.6 Å². The Morgan fingerprint density at radius 1 is 1.21 bits per heavy atom. The van der Waals surface area contributed by atoms with Crippen molar-refractivity contribution in [3.8, 4) is 0 Å². The summed E-state index contributed by atoms with van der Waals surface area (Å²) in [4.78, 5) is 32.9. The Kier molecular flexibility index (Phi) is 6.94. The summed E-state index contributed by atoms with van der Waals surface area (Å²) in [6, 6.07) is 10.2. The highest BCUT2D eigenvalue weighted by Crippen LogP contribution is 2.24. The van der Waals surface area contributed by atoms with Gasteiger partial charge in [-0.25, -0.2) is 9.78 Å². The molecule has 0 bridgehead atoms. The van der Waals surface area contributed by atoms with Crippen LogP contribution in [0.1, 0.15) is 35.6 Å². The lowest BCUT2D eigenvalue weighted by atomic mass is 10.1. The number of imidazole rings is 1. The molecule has 0 aliphatic carbocycles. The fourth-order valence-corrected chi connectivity index (χ4v) is 4.22. The van der Waals surface area contributed by atoms with E-state index in [0.29, 0.717) is 0 Å². The fraction of sp³-hybridized carbons (Fsp3) is 0.316. The van der Waals surface area contributed by atoms with Gasteiger partial charge in [-0.05, 0) is 42.0 Å². The number of thiophene rings is 1. The van der Waals surface area contributed by atoms with E-state index in [1.54, 1.807) is 11.8 Å². The minimum Gasteiger partial charge on any atom is -0.352 e. The number of rotatable bonds is 9. The number of aromatic amines is 1. The van der Waals surface area contributed by atoms with Crippen molar-refractivity contribution in [2.75, 3.05) is 12.0 Å². The number of aromatic nitrogens is 2. The number of hydrogen-bond donors (Lipinski definition) is 4. The molecule has 7 nitrogen and oxygen atoms in total. The Morgan fingerprint density at radius 3 is 2.71 bits per heavy atom. The molecule has 3 aromatic rings. The molecule has 0 saturated heterocycles. The van der Waals surface area contributed by atoms with Gasteiger partial charge in [0.25, 0.3) is 0 Å². The van der Waals surface area contributed by atoms with Gasteiger partial charge in [0.15, 0.2) is 0 Å². The van der Waals surface area contributed by atoms with E-state index in [2.05, 4.69) is 20.6 Å². The van der Waals surface area contributed by atoms with Gasteiger partial charge >= 0.3 is 6.03 Å². The average molecular weight is 418 g/mol. The zero-order valence-electron chi connectivity index (χ0n) is 15.5. The minimum absolute atomic E-state index is 0.111. The maximum Gasteiger partial charge on any atom is 0.312 e. The molecule has 148 valence electrons. The molecule has 1 aromatic carbocycles. The summed E-state index contributed by atoms with van der Waals surface area (Å²) in [6.07, 6.45) is 2.89. The van der Waals surface area contributed by atoms with Crippen molar-refractivity contribution in [3.05, 3.63) is 52.5 Å². The number of carbonyl (C=O) groups excluding carboxylic acids is 2. The average Bonchev–Trinajstić information content (AvgIpc) is 3.33. The molecule has 2 aromatic heterocycles. The second kappa shape index (κ2) is 9.61. The van der Waals surface area contributed by atoms with E-state index in [1.807, 2.05) is 48.0 Å². The summed E-state index contributed by atoms with van der Waals surface area (Å²) in [6.45, 7) is 0. The van der Waals surface area contributed by atoms with Crippen LogP contribution >= 0.6 is 23.1 Å². The number of H-pyrrole nitrogens is 1. The number of fused-ring (bicyclic) bond motifs is 1. The van der Waals surface area contributed by atoms with E-state index < -0.39 is 12.1 Å². The zero-order chi connectivity index (χ0) is 19.9. The first kappa shape index (κ1) is 20.2. The van der Waals surface area contributed by atoms with Gasteiger partial charge in [-0.1, -0.05) is 18.2 Å². The van der Waals surface area contributed by atoms with Crippen LogP contribution in [-0.2, 0) is 4.79 Å². The van der Waals surface area contributed by atoms with Crippen LogP contribution in [-0.4, -0.2) is 33.9 Å². The van der Waals surface area contributed by atoms with Crippen molar-refractivity contribution in [2.45, 2.75) is 24.9 Å². The lowest BCUT2D eigenvalue weighted by Crippen LogP contribution is -2.37. The summed E-state index contributed by atoms with van der Waals surface area (Å²) < 4.78 is 0. The predicted molar refractivity (Wildman–Crippen MR) is 114 cm³/mol. The van der Waals surface area contributed by atoms with Crippen LogP contribution in [0, 0.1) is 0 Å². The smallest absolute Gasteiger partial charge is 0.312 e. The summed E-state index contributed by atoms with van der Waals surface area (Å²) in [5, 5.41) is 7.61. The third-order valence-corrected chi connectivity index (χ3v) is 5.91. The fourth-order valence-electron chi connectivity index (χ4n) is 2.97. The molecule has 9 heteroatoms. The van der Waals surface area contributed by atoms with Gasteiger partial charge in [0, 0.05) is 4.88 Å². The van der Waals surface area contributed by atoms with Crippen molar-refractivity contribution in [1.29, 1.82) is 0 Å². The molecule has 0 aliphatic rings. The molecule has 3 amide bonds. The largest absolute Gasteiger partial charge is 0.352 e. The molecule has 3 rings (SSSR count). The minimum atomic E-state index is -0.651. The van der Waals surface area contributed by atoms with Crippen molar-refractivity contribution >= 4 is 46.1 Å². The number of nitrogens with zero attached hydrogens (tertiary/aromatic N) is 1. The molecule has 5 N–H and O–H groups in total. The van der Waals surface area contributed by atoms with Crippen molar-refractivity contribution < 1.29 is 9.59 Å². The first-order valence-corrected chi connectivity index (χ1v) is 11.2. The van der Waals surface area contributed by atoms with Gasteiger partial charge < -0.3 is 21.4 Å². The molecule has 0 aliphatic heterocycles. The summed E-state index contributed by atoms with van der Waals surface area (Å²) >= 11 is 3.19. The van der Waals surface area contributed by atoms with Gasteiger partial charge in [0.05, 0.1) is 29.5 Å². The Morgan fingerprint density at radius 2 is 2.04 bits per heavy atom. The molecule has 0 saturated carbocycles. The number of carbonyl (C=O) groups is 2. The van der Waals surface area contributed by atoms with Crippen LogP contribution in [0.3, 0.4) is 0 Å². The van der Waals surface area contributed by atoms with E-state index in [-0.39, 0.29) is 18.4 Å². The molecule has 2 atom stereocenters. The summed E-state index contributed by atoms with van der Waals surface area (Å²) in [7, 11) is 0. The SMILES string of the molecule is CSCCC(NC(=O)CC(NC(N)=O)c1cccs1)c1nc2ccccc2[nH]1. The lowest BCUT2D eigenvalue weighted by Gasteiger charge is -2.20. The summed E-state index contributed by atoms with van der Waals surface area (Å²) in [5.41, 5.74) is 7.09. The first-order valence-electron chi connectivity index (χ1n) is 8.89. The van der Waals surface area contributed by atoms with E-state index in [9.17, 15) is 9.59 Å². The Bertz CT molecular complexity index is 892. The standard InChI is InChI=1S/C19H23N5O2S2/c1-27-10-8-14(18-22-12-5-2-3-6-13(12)23-18)21-17(25)11-15(24-19(20)26)16-7-4-9-28-16/h2-7,9,14-15H,8,10-11H2,1H3,(H,21,25)(H,22,23)(H3,20,24,26). The van der Waals surface area contributed by atoms with Crippen LogP contribution in [0.5, 0.6) is 0 Å². The molecule has 0 fully saturated rings. The molecule has 0 spiro atoms. The second-order valence-electron chi connectivity index (χ2n) is 6.32. The Balaban J connectivity index is 1.73. The molecule has 2 heterocycles. The number of benzene rings is 1. The first-order chi connectivity index (χ1) is 13.6. The Labute approximate surface area is 171 Å². The highest BCUT2D eigenvalue weighted by atomic mass is 32.2. The summed E-state index contributed by atoms with van der Waals surface area (Å²) in [5.74, 6) is 1.45. The molecular weight excluding hydrogens is 394 g/mol. The van der Waals surface area contributed by atoms with E-state index in [1.165, 1.54) is 11.3 Å². The number of thioether (sulfide) groups is 1. The number of nitrogens with one attached hydrogen (secondary N) is 3. The Hall–Kier alpha value is -2.52. The van der Waals surface area contributed by atoms with Crippen LogP contribution in [0.15, 0.2) is 41.8 Å². The predicted octanol–water partition coefficient (Wildman–Crippen LogP) is 3.33. The molecular formula is C19H23N5O2S2. The van der Waals surface area contributed by atoms with Crippen LogP contribution < -0.4 is 16.4 Å². The maximum absolute atomic E-state index is 12.7. The van der Waals surface area contributed by atoms with Crippen molar-refractivity contribution in [3.63, 3.8) is 0 Å². The van der Waals surface area contributed by atoms with Gasteiger partial charge in [-0.3, -0.25) is 4.79 Å². The number of para-hydroxylation sites is 2. The number of hydrogen-bond acceptors (Lipinski definition) is 5. The van der Waals surface area contributed by atoms with Gasteiger partial charge in [0.2, 0.25) is 5.91 Å². The monoisotopic (exact) mass is 417 g/mol. The number of urea groups is 1. The highest BCUT2D eigenvalue weighted by Gasteiger charge is 2.22. The second-order valence-corrected chi connectivity index (χ2v) is 8.29. The maximum atomic E-state index is 12.7. The molecule has 2 unspecified atom stereocenters. The van der Waals surface area contributed by atoms with Crippen molar-refractivity contribution in [2.24, 2.45) is 5.73 Å². The van der Waals surface area contributed by atoms with Gasteiger partial charge in [0.1, 0.15) is 5.82 Å². The van der Waals surface area contributed by atoms with E-state index >= 15 is 0 Å². The van der Waals surface area contributed by atoms with Crippen LogP contribution in [0.2, 0.25) is 0 Å². The van der Waals surface area contributed by atoms with Gasteiger partial charge in [-0.15, -0.1) is 11.3 Å². The quantitative estimate of drug-likeness (QED) is 0.428. The van der Waals surface area contributed by atoms with E-state index in [4.69, 9.17) is 5.73 Å². The van der Waals surface area contributed by atoms with Crippen LogP contribution in [0.25, 0.3) is 11.0 Å². The third-order valence-electron chi connectivity index (χ3n) is 4.28. The topological polar surface area (TPSA) is 113 Å². The normalized spacial score (nSPS) is 13.2. The number of amides is 3. The van der Waals surface area contributed by atoms with Crippen LogP contribution in [0.4, 0.5) is 4.79 Å². The lowest BCUT2D eigenvalue weighted by molar-refractivity contribution is -0.122. The molecule has 0 radical (unpaired) electrons. The third kappa shape index (κ3) is 5.26. The number of nitrogens with two attached hydrogens (primary N) is 1. The van der Waals surface area contributed by atoms with E-state index in [0.717, 1.165) is 33.9 Å². The zero-order valence-corrected chi connectivity index (χ0v) is 17.1.